The Hall–Kier alpha value is 1.39. The monoisotopic (exact) mass is 398 g/mol. The van der Waals surface area contributed by atoms with Gasteiger partial charge in [-0.25, -0.2) is 0 Å². The number of aryl methyl sites for hydroxylation is 2. The fourth-order valence-corrected chi connectivity index (χ4v) is 4.36. The van der Waals surface area contributed by atoms with Crippen molar-refractivity contribution in [3.05, 3.63) is 35.4 Å². The Morgan fingerprint density at radius 2 is 1.11 bits per heavy atom. The van der Waals surface area contributed by atoms with Gasteiger partial charge in [-0.1, -0.05) is 24.3 Å². The van der Waals surface area contributed by atoms with Crippen LogP contribution in [0.25, 0.3) is 0 Å². The Bertz CT molecular complexity index is 351. The molecule has 0 nitrogen and oxygen atoms in total. The van der Waals surface area contributed by atoms with Crippen molar-refractivity contribution in [2.45, 2.75) is 24.9 Å². The predicted molar refractivity (Wildman–Crippen MR) is 90.1 cm³/mol. The van der Waals surface area contributed by atoms with E-state index in [1.165, 1.54) is 0 Å². The lowest BCUT2D eigenvalue weighted by molar-refractivity contribution is 1.07. The average Bonchev–Trinajstić information content (AvgIpc) is 2.22. The summed E-state index contributed by atoms with van der Waals surface area (Å²) in [6.45, 7) is 0. The molecule has 8 heteroatoms. The van der Waals surface area contributed by atoms with Gasteiger partial charge in [-0.05, 0) is 36.1 Å². The highest BCUT2D eigenvalue weighted by Crippen LogP contribution is 2.28. The molecule has 0 heterocycles. The first kappa shape index (κ1) is 17.4. The first-order valence-corrected chi connectivity index (χ1v) is 15.9. The van der Waals surface area contributed by atoms with Crippen molar-refractivity contribution >= 4 is 78.5 Å². The molecule has 0 spiro atoms. The van der Waals surface area contributed by atoms with Crippen LogP contribution in [0.2, 0.25) is 12.1 Å². The largest absolute Gasteiger partial charge is 0.341 e. The maximum atomic E-state index is 5.87. The van der Waals surface area contributed by atoms with Crippen LogP contribution in [0.5, 0.6) is 0 Å². The number of rotatable bonds is 6. The number of halogens is 6. The summed E-state index contributed by atoms with van der Waals surface area (Å²) in [4.78, 5) is 0. The lowest BCUT2D eigenvalue weighted by Gasteiger charge is -2.10. The molecule has 0 aliphatic heterocycles. The second-order valence-corrected chi connectivity index (χ2v) is 22.6. The van der Waals surface area contributed by atoms with Crippen LogP contribution < -0.4 is 0 Å². The molecule has 0 aliphatic rings. The Morgan fingerprint density at radius 3 is 1.44 bits per heavy atom. The van der Waals surface area contributed by atoms with Gasteiger partial charge in [0, 0.05) is 0 Å². The Labute approximate surface area is 138 Å². The third-order valence-corrected chi connectivity index (χ3v) is 7.42. The molecule has 0 radical (unpaired) electrons. The van der Waals surface area contributed by atoms with Gasteiger partial charge in [-0.15, -0.1) is 66.5 Å². The van der Waals surface area contributed by atoms with E-state index in [4.69, 9.17) is 66.5 Å². The number of hydrogen-bond donors (Lipinski definition) is 0. The molecule has 0 aliphatic carbocycles. The molecule has 0 saturated carbocycles. The van der Waals surface area contributed by atoms with Gasteiger partial charge in [0.25, 0.3) is 0 Å². The van der Waals surface area contributed by atoms with Gasteiger partial charge >= 0.3 is 12.0 Å². The van der Waals surface area contributed by atoms with Crippen LogP contribution in [0.3, 0.4) is 0 Å². The molecular formula is C10H12Cl6Si2. The van der Waals surface area contributed by atoms with E-state index in [9.17, 15) is 0 Å². The van der Waals surface area contributed by atoms with E-state index >= 15 is 0 Å². The zero-order valence-electron chi connectivity index (χ0n) is 9.41. The first-order chi connectivity index (χ1) is 8.16. The molecule has 0 amide bonds. The highest BCUT2D eigenvalue weighted by atomic mass is 35.8. The van der Waals surface area contributed by atoms with Crippen molar-refractivity contribution in [3.8, 4) is 0 Å². The van der Waals surface area contributed by atoms with Gasteiger partial charge in [0.2, 0.25) is 0 Å². The minimum Gasteiger partial charge on any atom is -0.126 e. The summed E-state index contributed by atoms with van der Waals surface area (Å²) < 4.78 is 0. The minimum absolute atomic E-state index is 0.625. The smallest absolute Gasteiger partial charge is 0.126 e. The highest BCUT2D eigenvalue weighted by molar-refractivity contribution is 7.65. The third kappa shape index (κ3) is 8.54. The van der Waals surface area contributed by atoms with E-state index in [2.05, 4.69) is 6.07 Å². The fourth-order valence-electron chi connectivity index (χ4n) is 1.51. The molecular weight excluding hydrogens is 389 g/mol. The highest BCUT2D eigenvalue weighted by Gasteiger charge is 2.25. The van der Waals surface area contributed by atoms with Gasteiger partial charge < -0.3 is 0 Å². The molecule has 0 saturated heterocycles. The normalized spacial score (nSPS) is 12.8. The number of benzene rings is 1. The lowest BCUT2D eigenvalue weighted by atomic mass is 10.1. The molecule has 0 unspecified atom stereocenters. The van der Waals surface area contributed by atoms with E-state index < -0.39 is 12.0 Å². The third-order valence-electron chi connectivity index (χ3n) is 2.39. The van der Waals surface area contributed by atoms with E-state index in [1.807, 2.05) is 18.2 Å². The summed E-state index contributed by atoms with van der Waals surface area (Å²) in [6.07, 6.45) is 1.56. The summed E-state index contributed by atoms with van der Waals surface area (Å²) in [5.74, 6) is 0. The molecule has 0 bridgehead atoms. The summed E-state index contributed by atoms with van der Waals surface area (Å²) in [7, 11) is 0. The molecule has 0 atom stereocenters. The van der Waals surface area contributed by atoms with Crippen LogP contribution in [0.4, 0.5) is 0 Å². The lowest BCUT2D eigenvalue weighted by Crippen LogP contribution is -2.11. The second kappa shape index (κ2) is 7.42. The van der Waals surface area contributed by atoms with Crippen molar-refractivity contribution in [1.29, 1.82) is 0 Å². The molecule has 1 rings (SSSR count). The SMILES string of the molecule is Cl[Si](Cl)(Cl)CCc1cccc(CC[Si](Cl)(Cl)Cl)c1. The number of hydrogen-bond acceptors (Lipinski definition) is 0. The maximum Gasteiger partial charge on any atom is 0.341 e. The molecule has 1 aromatic rings. The van der Waals surface area contributed by atoms with Crippen molar-refractivity contribution < 1.29 is 0 Å². The average molecular weight is 401 g/mol. The van der Waals surface area contributed by atoms with Crippen LogP contribution >= 0.6 is 66.5 Å². The van der Waals surface area contributed by atoms with E-state index in [-0.39, 0.29) is 0 Å². The fraction of sp³-hybridized carbons (Fsp3) is 0.400. The Kier molecular flexibility index (Phi) is 7.19. The van der Waals surface area contributed by atoms with Crippen LogP contribution in [-0.4, -0.2) is 12.0 Å². The Morgan fingerprint density at radius 1 is 0.722 bits per heavy atom. The van der Waals surface area contributed by atoms with Crippen LogP contribution in [-0.2, 0) is 12.8 Å². The van der Waals surface area contributed by atoms with Gasteiger partial charge in [0.05, 0.1) is 0 Å². The van der Waals surface area contributed by atoms with Crippen molar-refractivity contribution in [2.75, 3.05) is 0 Å². The molecule has 18 heavy (non-hydrogen) atoms. The molecule has 0 fully saturated rings. The maximum absolute atomic E-state index is 5.87. The molecule has 0 aromatic heterocycles. The Balaban J connectivity index is 2.57. The van der Waals surface area contributed by atoms with Crippen LogP contribution in [0.15, 0.2) is 24.3 Å². The summed E-state index contributed by atoms with van der Waals surface area (Å²) in [5, 5.41) is 0. The van der Waals surface area contributed by atoms with E-state index in [0.717, 1.165) is 24.0 Å². The van der Waals surface area contributed by atoms with Crippen molar-refractivity contribution in [3.63, 3.8) is 0 Å². The topological polar surface area (TPSA) is 0 Å². The summed E-state index contributed by atoms with van der Waals surface area (Å²) in [6, 6.07) is 4.30. The van der Waals surface area contributed by atoms with Gasteiger partial charge in [-0.3, -0.25) is 0 Å². The van der Waals surface area contributed by atoms with Crippen LogP contribution in [0, 0.1) is 0 Å². The van der Waals surface area contributed by atoms with Gasteiger partial charge in [-0.2, -0.15) is 0 Å². The zero-order valence-corrected chi connectivity index (χ0v) is 15.9. The standard InChI is InChI=1S/C10H12Cl6Si2/c11-17(12,13)6-4-9-2-1-3-10(8-9)5-7-18(14,15)16/h1-3,8H,4-7H2. The molecule has 1 aromatic carbocycles. The van der Waals surface area contributed by atoms with E-state index in [1.54, 1.807) is 0 Å². The quantitative estimate of drug-likeness (QED) is 0.400. The van der Waals surface area contributed by atoms with Crippen molar-refractivity contribution in [2.24, 2.45) is 0 Å². The summed E-state index contributed by atoms with van der Waals surface area (Å²) in [5.41, 5.74) is 2.33. The molecule has 102 valence electrons. The van der Waals surface area contributed by atoms with Gasteiger partial charge in [0.1, 0.15) is 0 Å². The van der Waals surface area contributed by atoms with E-state index in [0.29, 0.717) is 12.1 Å². The minimum atomic E-state index is -2.55. The zero-order chi connectivity index (χ0) is 13.8. The first-order valence-electron chi connectivity index (χ1n) is 5.37. The predicted octanol–water partition coefficient (Wildman–Crippen LogP) is 6.08. The van der Waals surface area contributed by atoms with Gasteiger partial charge in [0.15, 0.2) is 0 Å². The van der Waals surface area contributed by atoms with Crippen molar-refractivity contribution in [1.82, 2.24) is 0 Å². The second-order valence-electron chi connectivity index (χ2n) is 4.05. The molecule has 0 N–H and O–H groups in total. The summed E-state index contributed by atoms with van der Waals surface area (Å²) >= 11 is 35.2. The van der Waals surface area contributed by atoms with Crippen LogP contribution in [0.1, 0.15) is 11.1 Å².